The van der Waals surface area contributed by atoms with Gasteiger partial charge in [-0.2, -0.15) is 0 Å². The number of carbonyl (C=O) groups is 1. The molecule has 7 rings (SSSR count). The van der Waals surface area contributed by atoms with Crippen LogP contribution >= 0.6 is 0 Å². The van der Waals surface area contributed by atoms with Crippen molar-refractivity contribution in [3.63, 3.8) is 0 Å². The molecular weight excluding hydrogens is 720 g/mol. The summed E-state index contributed by atoms with van der Waals surface area (Å²) in [6, 6.07) is 0. The van der Waals surface area contributed by atoms with Gasteiger partial charge in [0.05, 0.1) is 25.4 Å². The Morgan fingerprint density at radius 3 is 2.18 bits per heavy atom. The summed E-state index contributed by atoms with van der Waals surface area (Å²) in [7, 11) is 0. The van der Waals surface area contributed by atoms with Gasteiger partial charge in [0.2, 0.25) is 0 Å². The Kier molecular flexibility index (Phi) is 11.5. The van der Waals surface area contributed by atoms with E-state index in [-0.39, 0.29) is 29.6 Å². The summed E-state index contributed by atoms with van der Waals surface area (Å²) < 4.78 is 28.9. The largest absolute Gasteiger partial charge is 0.456 e. The molecule has 4 unspecified atom stereocenters. The van der Waals surface area contributed by atoms with Crippen LogP contribution in [-0.2, 0) is 28.5 Å². The van der Waals surface area contributed by atoms with Crippen LogP contribution in [0, 0.1) is 34.5 Å². The molecule has 20 atom stereocenters. The number of esters is 1. The van der Waals surface area contributed by atoms with Gasteiger partial charge in [0.1, 0.15) is 60.5 Å². The van der Waals surface area contributed by atoms with Gasteiger partial charge in [-0.3, -0.25) is 0 Å². The Bertz CT molecular complexity index is 1500. The molecule has 0 aromatic carbocycles. The first kappa shape index (κ1) is 41.6. The van der Waals surface area contributed by atoms with Crippen molar-refractivity contribution in [3.05, 3.63) is 22.8 Å². The number of aliphatic hydroxyl groups excluding tert-OH is 8. The van der Waals surface area contributed by atoms with E-state index < -0.39 is 104 Å². The minimum Gasteiger partial charge on any atom is -0.456 e. The summed E-state index contributed by atoms with van der Waals surface area (Å²) in [5, 5.41) is 96.4. The van der Waals surface area contributed by atoms with E-state index in [0.717, 1.165) is 43.3 Å². The summed E-state index contributed by atoms with van der Waals surface area (Å²) in [5.74, 6) is 0.398. The number of hydrogen-bond donors (Lipinski definition) is 9. The van der Waals surface area contributed by atoms with Gasteiger partial charge in [-0.1, -0.05) is 31.1 Å². The third-order valence-corrected chi connectivity index (χ3v) is 15.5. The molecule has 0 aromatic rings. The molecule has 15 heteroatoms. The lowest BCUT2D eigenvalue weighted by Crippen LogP contribution is -2.62. The summed E-state index contributed by atoms with van der Waals surface area (Å²) in [5.41, 5.74) is 0.757. The first-order chi connectivity index (χ1) is 25.8. The maximum Gasteiger partial charge on any atom is 0.334 e. The van der Waals surface area contributed by atoms with Crippen molar-refractivity contribution in [2.24, 2.45) is 34.5 Å². The topological polar surface area (TPSA) is 245 Å². The highest BCUT2D eigenvalue weighted by Crippen LogP contribution is 2.68. The predicted octanol–water partition coefficient (Wildman–Crippen LogP) is -0.0516. The van der Waals surface area contributed by atoms with Gasteiger partial charge in [0.15, 0.2) is 12.6 Å². The average molecular weight is 783 g/mol. The second-order valence-electron chi connectivity index (χ2n) is 18.3. The molecule has 3 saturated carbocycles. The zero-order chi connectivity index (χ0) is 39.9. The highest BCUT2D eigenvalue weighted by molar-refractivity contribution is 5.89. The van der Waals surface area contributed by atoms with E-state index in [9.17, 15) is 50.8 Å². The standard InChI is InChI=1S/C40H62O15/c1-17-12-28(55-35(49)18(17)2)40(5,50)26-9-8-22-21-7-6-19-13-20(14-27(42)39(19,4)23(21)10-11-38(22,26)3)52-37-34(48)32(46)30(44)25(54-37)16-51-36-33(47)31(45)29(43)24(15-41)53-36/h6,20-34,36-37,41-48,50H,7-16H2,1-5H3/t20-,21?,22?,23?,24-,25-,26?,27+,28-,29-,30-,31+,32+,33-,34-,36-,37-,38+,39+,40-/m1/s1. The van der Waals surface area contributed by atoms with Crippen LogP contribution in [0.25, 0.3) is 0 Å². The number of aliphatic hydroxyl groups is 9. The van der Waals surface area contributed by atoms with Crippen molar-refractivity contribution in [3.8, 4) is 0 Å². The molecule has 7 aliphatic rings. The Hall–Kier alpha value is -1.57. The molecule has 3 heterocycles. The summed E-state index contributed by atoms with van der Waals surface area (Å²) in [6.07, 6.45) is -9.39. The van der Waals surface area contributed by atoms with Gasteiger partial charge >= 0.3 is 5.97 Å². The average Bonchev–Trinajstić information content (AvgIpc) is 3.51. The van der Waals surface area contributed by atoms with E-state index in [2.05, 4.69) is 19.9 Å². The normalized spacial score (nSPS) is 51.3. The van der Waals surface area contributed by atoms with Gasteiger partial charge in [-0.05, 0) is 88.4 Å². The lowest BCUT2D eigenvalue weighted by atomic mass is 9.46. The SMILES string of the molecule is CC1=C(C)C(=O)O[C@@H]([C@](C)(O)C2CCC3C4CC=C5C[C@@H](O[C@@H]6O[C@H](CO[C@@H]7O[C@H](CO)[C@@H](O)[C@H](O)[C@H]7O)[C@@H](O)[C@H](O)[C@H]6O)C[C@H](O)[C@]5(C)C4CC[C@@]32C)C1. The lowest BCUT2D eigenvalue weighted by Gasteiger charge is -2.60. The zero-order valence-electron chi connectivity index (χ0n) is 32.4. The third-order valence-electron chi connectivity index (χ3n) is 15.5. The molecule has 15 nitrogen and oxygen atoms in total. The van der Waals surface area contributed by atoms with Crippen molar-refractivity contribution < 1.29 is 74.4 Å². The lowest BCUT2D eigenvalue weighted by molar-refractivity contribution is -0.337. The first-order valence-corrected chi connectivity index (χ1v) is 20.1. The molecule has 0 aromatic heterocycles. The van der Waals surface area contributed by atoms with Crippen LogP contribution in [0.2, 0.25) is 0 Å². The molecule has 9 N–H and O–H groups in total. The van der Waals surface area contributed by atoms with Crippen LogP contribution in [0.3, 0.4) is 0 Å². The highest BCUT2D eigenvalue weighted by Gasteiger charge is 2.64. The van der Waals surface area contributed by atoms with Gasteiger partial charge in [0, 0.05) is 23.8 Å². The molecule has 5 fully saturated rings. The first-order valence-electron chi connectivity index (χ1n) is 20.1. The quantitative estimate of drug-likeness (QED) is 0.116. The van der Waals surface area contributed by atoms with Crippen LogP contribution in [0.1, 0.15) is 86.0 Å². The van der Waals surface area contributed by atoms with Crippen molar-refractivity contribution in [2.45, 2.75) is 171 Å². The number of carbonyl (C=O) groups excluding carboxylic acids is 1. The highest BCUT2D eigenvalue weighted by atomic mass is 16.7. The van der Waals surface area contributed by atoms with Crippen LogP contribution in [0.15, 0.2) is 22.8 Å². The monoisotopic (exact) mass is 782 g/mol. The van der Waals surface area contributed by atoms with Crippen LogP contribution < -0.4 is 0 Å². The van der Waals surface area contributed by atoms with E-state index in [0.29, 0.717) is 30.3 Å². The number of fused-ring (bicyclic) bond motifs is 5. The number of allylic oxidation sites excluding steroid dienone is 1. The number of hydrogen-bond acceptors (Lipinski definition) is 15. The molecule has 0 bridgehead atoms. The van der Waals surface area contributed by atoms with Crippen molar-refractivity contribution in [2.75, 3.05) is 13.2 Å². The van der Waals surface area contributed by atoms with Crippen LogP contribution in [0.5, 0.6) is 0 Å². The van der Waals surface area contributed by atoms with Crippen molar-refractivity contribution in [1.82, 2.24) is 0 Å². The predicted molar refractivity (Wildman–Crippen MR) is 191 cm³/mol. The van der Waals surface area contributed by atoms with Gasteiger partial charge in [-0.25, -0.2) is 4.79 Å². The zero-order valence-corrected chi connectivity index (χ0v) is 32.4. The fraction of sp³-hybridized carbons (Fsp3) is 0.875. The molecule has 3 aliphatic heterocycles. The second kappa shape index (κ2) is 15.2. The molecule has 0 spiro atoms. The maximum atomic E-state index is 12.6. The Morgan fingerprint density at radius 2 is 1.51 bits per heavy atom. The summed E-state index contributed by atoms with van der Waals surface area (Å²) >= 11 is 0. The molecule has 2 saturated heterocycles. The Labute approximate surface area is 321 Å². The summed E-state index contributed by atoms with van der Waals surface area (Å²) in [4.78, 5) is 12.6. The van der Waals surface area contributed by atoms with E-state index in [1.54, 1.807) is 6.92 Å². The Morgan fingerprint density at radius 1 is 0.855 bits per heavy atom. The smallest absolute Gasteiger partial charge is 0.334 e. The van der Waals surface area contributed by atoms with Crippen LogP contribution in [0.4, 0.5) is 0 Å². The van der Waals surface area contributed by atoms with Gasteiger partial charge in [-0.15, -0.1) is 0 Å². The number of rotatable bonds is 8. The third kappa shape index (κ3) is 6.86. The van der Waals surface area contributed by atoms with Gasteiger partial charge in [0.25, 0.3) is 0 Å². The minimum absolute atomic E-state index is 0.0515. The van der Waals surface area contributed by atoms with Crippen molar-refractivity contribution in [1.29, 1.82) is 0 Å². The van der Waals surface area contributed by atoms with E-state index >= 15 is 0 Å². The Balaban J connectivity index is 1.01. The minimum atomic E-state index is -1.68. The van der Waals surface area contributed by atoms with E-state index in [1.807, 2.05) is 13.8 Å². The van der Waals surface area contributed by atoms with E-state index in [4.69, 9.17) is 23.7 Å². The molecule has 0 amide bonds. The van der Waals surface area contributed by atoms with E-state index in [1.165, 1.54) is 0 Å². The molecule has 55 heavy (non-hydrogen) atoms. The fourth-order valence-electron chi connectivity index (χ4n) is 11.9. The number of cyclic esters (lactones) is 1. The molecule has 4 aliphatic carbocycles. The summed E-state index contributed by atoms with van der Waals surface area (Å²) in [6.45, 7) is 8.86. The molecule has 0 radical (unpaired) electrons. The molecule has 312 valence electrons. The second-order valence-corrected chi connectivity index (χ2v) is 18.3. The van der Waals surface area contributed by atoms with Crippen LogP contribution in [-0.4, -0.2) is 150 Å². The molecular formula is C40H62O15. The fourth-order valence-corrected chi connectivity index (χ4v) is 11.9. The number of ether oxygens (including phenoxy) is 5. The van der Waals surface area contributed by atoms with Gasteiger partial charge < -0.3 is 69.6 Å². The maximum absolute atomic E-state index is 12.6. The van der Waals surface area contributed by atoms with Crippen molar-refractivity contribution >= 4 is 5.97 Å².